The number of nitrogens with one attached hydrogen (secondary N) is 1. The van der Waals surface area contributed by atoms with E-state index in [4.69, 9.17) is 26.2 Å². The number of hydrogen-bond donors (Lipinski definition) is 6. The third kappa shape index (κ3) is 14.3. The van der Waals surface area contributed by atoms with Gasteiger partial charge in [-0.25, -0.2) is 0 Å². The molecule has 0 aliphatic rings. The number of benzene rings is 1. The number of carbonyl (C=O) groups is 3. The van der Waals surface area contributed by atoms with Crippen LogP contribution in [0.3, 0.4) is 0 Å². The molecule has 1 rings (SSSR count). The van der Waals surface area contributed by atoms with Gasteiger partial charge in [-0.05, 0) is 43.4 Å². The van der Waals surface area contributed by atoms with Crippen molar-refractivity contribution in [1.29, 1.82) is 0 Å². The highest BCUT2D eigenvalue weighted by Gasteiger charge is 2.13. The van der Waals surface area contributed by atoms with Gasteiger partial charge in [0.25, 0.3) is 0 Å². The van der Waals surface area contributed by atoms with Crippen molar-refractivity contribution in [3.05, 3.63) is 29.8 Å². The monoisotopic (exact) mass is 449 g/mol. The summed E-state index contributed by atoms with van der Waals surface area (Å²) in [4.78, 5) is 31.2. The van der Waals surface area contributed by atoms with Crippen LogP contribution in [0.25, 0.3) is 0 Å². The molecule has 0 saturated carbocycles. The van der Waals surface area contributed by atoms with Gasteiger partial charge < -0.3 is 31.2 Å². The predicted molar refractivity (Wildman–Crippen MR) is 106 cm³/mol. The molecular weight excluding hydrogens is 422 g/mol. The first-order valence-electron chi connectivity index (χ1n) is 8.79. The molecule has 1 amide bonds. The third-order valence-electron chi connectivity index (χ3n) is 3.53. The Morgan fingerprint density at radius 3 is 2.00 bits per heavy atom. The van der Waals surface area contributed by atoms with E-state index in [2.05, 4.69) is 9.50 Å². The Morgan fingerprint density at radius 2 is 1.57 bits per heavy atom. The number of amides is 1. The van der Waals surface area contributed by atoms with Crippen LogP contribution in [0.4, 0.5) is 0 Å². The summed E-state index contributed by atoms with van der Waals surface area (Å²) in [5.41, 5.74) is 11.2. The molecule has 170 valence electrons. The summed E-state index contributed by atoms with van der Waals surface area (Å²) >= 11 is 0. The maximum atomic E-state index is 10.5. The lowest BCUT2D eigenvalue weighted by atomic mass is 10.1. The van der Waals surface area contributed by atoms with E-state index >= 15 is 0 Å². The van der Waals surface area contributed by atoms with E-state index in [1.54, 1.807) is 0 Å². The van der Waals surface area contributed by atoms with Crippen LogP contribution in [0.2, 0.25) is 0 Å². The summed E-state index contributed by atoms with van der Waals surface area (Å²) in [5, 5.41) is 19.6. The Bertz CT molecular complexity index is 797. The molecule has 0 aliphatic carbocycles. The summed E-state index contributed by atoms with van der Waals surface area (Å²) in [5.74, 6) is -2.23. The van der Waals surface area contributed by atoms with E-state index < -0.39 is 34.4 Å². The van der Waals surface area contributed by atoms with Crippen molar-refractivity contribution in [2.45, 2.75) is 44.7 Å². The zero-order valence-electron chi connectivity index (χ0n) is 16.4. The highest BCUT2D eigenvalue weighted by molar-refractivity contribution is 7.81. The van der Waals surface area contributed by atoms with Gasteiger partial charge in [-0.3, -0.25) is 18.9 Å². The number of carboxylic acid groups (broad SMARTS) is 2. The molecule has 0 radical (unpaired) electrons. The highest BCUT2D eigenvalue weighted by atomic mass is 32.3. The first-order valence-corrected chi connectivity index (χ1v) is 10.2. The van der Waals surface area contributed by atoms with Gasteiger partial charge in [-0.2, -0.15) is 8.42 Å². The summed E-state index contributed by atoms with van der Waals surface area (Å²) in [6, 6.07) is 3.70. The van der Waals surface area contributed by atoms with E-state index in [1.165, 1.54) is 31.2 Å². The van der Waals surface area contributed by atoms with E-state index in [9.17, 15) is 22.8 Å². The normalized spacial score (nSPS) is 12.7. The average molecular weight is 449 g/mol. The Hall–Kier alpha value is -2.74. The van der Waals surface area contributed by atoms with Crippen LogP contribution in [-0.2, 0) is 31.2 Å². The van der Waals surface area contributed by atoms with Gasteiger partial charge in [0.15, 0.2) is 0 Å². The fourth-order valence-corrected chi connectivity index (χ4v) is 2.38. The van der Waals surface area contributed by atoms with Crippen LogP contribution in [0.5, 0.6) is 5.75 Å². The molecule has 30 heavy (non-hydrogen) atoms. The Labute approximate surface area is 174 Å². The average Bonchev–Trinajstić information content (AvgIpc) is 2.61. The third-order valence-corrected chi connectivity index (χ3v) is 3.93. The molecule has 13 heteroatoms. The number of unbranched alkanes of at least 4 members (excludes halogenated alkanes) is 1. The summed E-state index contributed by atoms with van der Waals surface area (Å²) in [6.07, 6.45) is 2.05. The Kier molecular flexibility index (Phi) is 12.2. The van der Waals surface area contributed by atoms with Crippen LogP contribution >= 0.6 is 0 Å². The number of carbonyl (C=O) groups excluding carboxylic acids is 1. The van der Waals surface area contributed by atoms with E-state index in [1.807, 2.05) is 0 Å². The Morgan fingerprint density at radius 1 is 1.03 bits per heavy atom. The van der Waals surface area contributed by atoms with Crippen molar-refractivity contribution in [3.8, 4) is 5.75 Å². The first kappa shape index (κ1) is 27.3. The quantitative estimate of drug-likeness (QED) is 0.187. The lowest BCUT2D eigenvalue weighted by Crippen LogP contribution is -2.32. The molecule has 0 fully saturated rings. The second-order valence-electron chi connectivity index (χ2n) is 6.23. The summed E-state index contributed by atoms with van der Waals surface area (Å²) < 4.78 is 33.4. The largest absolute Gasteiger partial charge is 0.480 e. The standard InChI is InChI=1S/C9H11NO6S.C8H16N2O3/c10-8(9(11)12)5-6-1-3-7(4-2-6)16-17(13,14)15;1-6(11)10-5-3-2-4-7(9)8(12)13/h1-4,8H,5,10H2,(H,11,12)(H,13,14,15);7H,2-5,9H2,1H3,(H,10,11)(H,12,13)/t8-;7-/m00/s1. The lowest BCUT2D eigenvalue weighted by molar-refractivity contribution is -0.139. The molecule has 0 aromatic heterocycles. The van der Waals surface area contributed by atoms with E-state index in [-0.39, 0.29) is 18.1 Å². The molecular formula is C17H27N3O9S. The van der Waals surface area contributed by atoms with Crippen molar-refractivity contribution in [2.75, 3.05) is 6.54 Å². The highest BCUT2D eigenvalue weighted by Crippen LogP contribution is 2.14. The lowest BCUT2D eigenvalue weighted by Gasteiger charge is -2.07. The van der Waals surface area contributed by atoms with Crippen LogP contribution in [0.1, 0.15) is 31.7 Å². The Balaban J connectivity index is 0.000000584. The molecule has 12 nitrogen and oxygen atoms in total. The second-order valence-corrected chi connectivity index (χ2v) is 7.25. The van der Waals surface area contributed by atoms with Crippen LogP contribution in [0.15, 0.2) is 24.3 Å². The first-order chi connectivity index (χ1) is 13.8. The molecule has 0 spiro atoms. The second kappa shape index (κ2) is 13.5. The summed E-state index contributed by atoms with van der Waals surface area (Å²) in [6.45, 7) is 2.03. The minimum absolute atomic E-state index is 0.0671. The molecule has 0 aliphatic heterocycles. The smallest absolute Gasteiger partial charge is 0.446 e. The number of aliphatic carboxylic acids is 2. The van der Waals surface area contributed by atoms with E-state index in [0.717, 1.165) is 6.42 Å². The van der Waals surface area contributed by atoms with Crippen molar-refractivity contribution in [1.82, 2.24) is 5.32 Å². The molecule has 0 unspecified atom stereocenters. The molecule has 8 N–H and O–H groups in total. The summed E-state index contributed by atoms with van der Waals surface area (Å²) in [7, 11) is -4.55. The number of rotatable bonds is 11. The van der Waals surface area contributed by atoms with Crippen LogP contribution < -0.4 is 21.0 Å². The topological polar surface area (TPSA) is 219 Å². The van der Waals surface area contributed by atoms with E-state index in [0.29, 0.717) is 24.9 Å². The van der Waals surface area contributed by atoms with Crippen molar-refractivity contribution in [2.24, 2.45) is 11.5 Å². The van der Waals surface area contributed by atoms with Crippen LogP contribution in [-0.4, -0.2) is 59.7 Å². The predicted octanol–water partition coefficient (Wildman–Crippen LogP) is -0.473. The number of carboxylic acids is 2. The SMILES string of the molecule is CC(=O)NCCCC[C@H](N)C(=O)O.N[C@@H](Cc1ccc(OS(=O)(=O)O)cc1)C(=O)O. The molecule has 0 saturated heterocycles. The van der Waals surface area contributed by atoms with Crippen molar-refractivity contribution in [3.63, 3.8) is 0 Å². The van der Waals surface area contributed by atoms with Gasteiger partial charge in [0, 0.05) is 13.5 Å². The molecule has 0 bridgehead atoms. The number of hydrogen-bond acceptors (Lipinski definition) is 8. The van der Waals surface area contributed by atoms with Gasteiger partial charge >= 0.3 is 22.3 Å². The minimum atomic E-state index is -4.55. The minimum Gasteiger partial charge on any atom is -0.480 e. The van der Waals surface area contributed by atoms with Crippen molar-refractivity contribution >= 4 is 28.2 Å². The van der Waals surface area contributed by atoms with Gasteiger partial charge in [0.05, 0.1) is 0 Å². The fraction of sp³-hybridized carbons (Fsp3) is 0.471. The molecule has 0 heterocycles. The fourth-order valence-electron chi connectivity index (χ4n) is 2.02. The zero-order chi connectivity index (χ0) is 23.3. The van der Waals surface area contributed by atoms with Gasteiger partial charge in [-0.1, -0.05) is 12.1 Å². The zero-order valence-corrected chi connectivity index (χ0v) is 17.2. The van der Waals surface area contributed by atoms with Gasteiger partial charge in [0.2, 0.25) is 5.91 Å². The van der Waals surface area contributed by atoms with Gasteiger partial charge in [0.1, 0.15) is 17.8 Å². The maximum absolute atomic E-state index is 10.5. The molecule has 1 aromatic carbocycles. The van der Waals surface area contributed by atoms with Crippen molar-refractivity contribution < 1.29 is 41.8 Å². The number of nitrogens with two attached hydrogens (primary N) is 2. The molecule has 1 aromatic rings. The maximum Gasteiger partial charge on any atom is 0.446 e. The van der Waals surface area contributed by atoms with Gasteiger partial charge in [-0.15, -0.1) is 0 Å². The van der Waals surface area contributed by atoms with Crippen LogP contribution in [0, 0.1) is 0 Å². The molecule has 2 atom stereocenters.